The summed E-state index contributed by atoms with van der Waals surface area (Å²) in [5.74, 6) is -1.93. The van der Waals surface area contributed by atoms with E-state index in [4.69, 9.17) is 4.74 Å². The number of halogens is 2. The minimum Gasteiger partial charge on any atom is -0.379 e. The lowest BCUT2D eigenvalue weighted by atomic mass is 9.77. The zero-order valence-corrected chi connectivity index (χ0v) is 12.1. The summed E-state index contributed by atoms with van der Waals surface area (Å²) >= 11 is 0. The van der Waals surface area contributed by atoms with Crippen LogP contribution >= 0.6 is 0 Å². The fourth-order valence-corrected chi connectivity index (χ4v) is 3.12. The predicted molar refractivity (Wildman–Crippen MR) is 73.8 cm³/mol. The van der Waals surface area contributed by atoms with Crippen molar-refractivity contribution in [2.24, 2.45) is 5.41 Å². The van der Waals surface area contributed by atoms with Gasteiger partial charge in [-0.2, -0.15) is 0 Å². The van der Waals surface area contributed by atoms with E-state index in [1.54, 1.807) is 4.90 Å². The minimum atomic E-state index is -0.939. The van der Waals surface area contributed by atoms with Crippen LogP contribution in [-0.4, -0.2) is 43.3 Å². The van der Waals surface area contributed by atoms with Crippen molar-refractivity contribution in [2.75, 3.05) is 31.2 Å². The van der Waals surface area contributed by atoms with Gasteiger partial charge in [-0.15, -0.1) is 0 Å². The van der Waals surface area contributed by atoms with Crippen LogP contribution in [0.25, 0.3) is 0 Å². The normalized spacial score (nSPS) is 25.8. The summed E-state index contributed by atoms with van der Waals surface area (Å²) in [6.07, 6.45) is -0.154. The number of β-lactam (4-membered cyclic amide) rings is 1. The van der Waals surface area contributed by atoms with E-state index in [9.17, 15) is 13.6 Å². The number of hydrogen-bond acceptors (Lipinski definition) is 3. The quantitative estimate of drug-likeness (QED) is 0.783. The Morgan fingerprint density at radius 2 is 1.86 bits per heavy atom. The first-order valence-corrected chi connectivity index (χ1v) is 7.03. The van der Waals surface area contributed by atoms with Crippen LogP contribution in [0, 0.1) is 17.0 Å². The molecule has 0 aliphatic carbocycles. The third-order valence-corrected chi connectivity index (χ3v) is 4.23. The SMILES string of the molecule is CC1(C)C(=O)N(c2ccc(F)c(F)c2)C1N1CCOCC1. The van der Waals surface area contributed by atoms with Gasteiger partial charge in [-0.1, -0.05) is 0 Å². The fraction of sp³-hybridized carbons (Fsp3) is 0.533. The van der Waals surface area contributed by atoms with Gasteiger partial charge < -0.3 is 4.74 Å². The standard InChI is InChI=1S/C15H18F2N2O2/c1-15(2)13(18-5-7-21-8-6-18)19(14(15)20)10-3-4-11(16)12(17)9-10/h3-4,9,13H,5-8H2,1-2H3. The van der Waals surface area contributed by atoms with Gasteiger partial charge in [0.2, 0.25) is 5.91 Å². The molecule has 0 saturated carbocycles. The van der Waals surface area contributed by atoms with Crippen molar-refractivity contribution in [3.8, 4) is 0 Å². The van der Waals surface area contributed by atoms with E-state index in [0.29, 0.717) is 18.9 Å². The van der Waals surface area contributed by atoms with Crippen LogP contribution < -0.4 is 4.90 Å². The number of rotatable bonds is 2. The van der Waals surface area contributed by atoms with Crippen LogP contribution in [0.15, 0.2) is 18.2 Å². The van der Waals surface area contributed by atoms with E-state index < -0.39 is 17.0 Å². The number of carbonyl (C=O) groups excluding carboxylic acids is 1. The third kappa shape index (κ3) is 2.22. The van der Waals surface area contributed by atoms with Crippen molar-refractivity contribution >= 4 is 11.6 Å². The maximum absolute atomic E-state index is 13.4. The number of hydrogen-bond donors (Lipinski definition) is 0. The second-order valence-electron chi connectivity index (χ2n) is 6.02. The Labute approximate surface area is 122 Å². The summed E-state index contributed by atoms with van der Waals surface area (Å²) in [5, 5.41) is 0. The fourth-order valence-electron chi connectivity index (χ4n) is 3.12. The van der Waals surface area contributed by atoms with E-state index in [2.05, 4.69) is 4.90 Å². The molecule has 0 spiro atoms. The lowest BCUT2D eigenvalue weighted by Crippen LogP contribution is -2.74. The smallest absolute Gasteiger partial charge is 0.237 e. The van der Waals surface area contributed by atoms with Crippen LogP contribution in [-0.2, 0) is 9.53 Å². The van der Waals surface area contributed by atoms with Gasteiger partial charge in [0.15, 0.2) is 11.6 Å². The first-order valence-electron chi connectivity index (χ1n) is 7.03. The number of morpholine rings is 1. The average molecular weight is 296 g/mol. The van der Waals surface area contributed by atoms with Gasteiger partial charge in [0, 0.05) is 24.8 Å². The lowest BCUT2D eigenvalue weighted by Gasteiger charge is -2.57. The summed E-state index contributed by atoms with van der Waals surface area (Å²) in [6.45, 7) is 6.44. The Balaban J connectivity index is 1.92. The predicted octanol–water partition coefficient (Wildman–Crippen LogP) is 2.00. The first-order chi connectivity index (χ1) is 9.93. The number of nitrogens with zero attached hydrogens (tertiary/aromatic N) is 2. The molecule has 2 aliphatic heterocycles. The zero-order valence-electron chi connectivity index (χ0n) is 12.1. The molecule has 1 amide bonds. The van der Waals surface area contributed by atoms with Crippen LogP contribution in [0.3, 0.4) is 0 Å². The van der Waals surface area contributed by atoms with E-state index >= 15 is 0 Å². The number of amides is 1. The van der Waals surface area contributed by atoms with Crippen molar-refractivity contribution in [3.05, 3.63) is 29.8 Å². The summed E-state index contributed by atoms with van der Waals surface area (Å²) < 4.78 is 31.9. The molecule has 2 saturated heterocycles. The second-order valence-corrected chi connectivity index (χ2v) is 6.02. The van der Waals surface area contributed by atoms with Crippen LogP contribution in [0.2, 0.25) is 0 Å². The molecule has 1 aromatic carbocycles. The van der Waals surface area contributed by atoms with E-state index in [0.717, 1.165) is 25.2 Å². The van der Waals surface area contributed by atoms with Crippen molar-refractivity contribution in [1.29, 1.82) is 0 Å². The Bertz CT molecular complexity index is 571. The largest absolute Gasteiger partial charge is 0.379 e. The van der Waals surface area contributed by atoms with Gasteiger partial charge in [-0.25, -0.2) is 8.78 Å². The topological polar surface area (TPSA) is 32.8 Å². The Morgan fingerprint density at radius 3 is 2.48 bits per heavy atom. The van der Waals surface area contributed by atoms with Crippen LogP contribution in [0.5, 0.6) is 0 Å². The van der Waals surface area contributed by atoms with E-state index in [-0.39, 0.29) is 12.1 Å². The molecule has 2 heterocycles. The molecule has 0 aromatic heterocycles. The highest BCUT2D eigenvalue weighted by Crippen LogP contribution is 2.43. The van der Waals surface area contributed by atoms with Gasteiger partial charge in [-0.3, -0.25) is 14.6 Å². The minimum absolute atomic E-state index is 0.0787. The molecule has 21 heavy (non-hydrogen) atoms. The summed E-state index contributed by atoms with van der Waals surface area (Å²) in [4.78, 5) is 16.1. The zero-order chi connectivity index (χ0) is 15.2. The van der Waals surface area contributed by atoms with E-state index in [1.807, 2.05) is 13.8 Å². The summed E-state index contributed by atoms with van der Waals surface area (Å²) in [6, 6.07) is 3.58. The molecule has 1 aromatic rings. The van der Waals surface area contributed by atoms with E-state index in [1.165, 1.54) is 6.07 Å². The molecule has 0 radical (unpaired) electrons. The number of anilines is 1. The molecule has 1 atom stereocenters. The summed E-state index contributed by atoms with van der Waals surface area (Å²) in [5.41, 5.74) is -0.142. The lowest BCUT2D eigenvalue weighted by molar-refractivity contribution is -0.147. The molecular weight excluding hydrogens is 278 g/mol. The number of carbonyl (C=O) groups is 1. The molecule has 1 unspecified atom stereocenters. The molecule has 114 valence electrons. The first kappa shape index (κ1) is 14.4. The highest BCUT2D eigenvalue weighted by molar-refractivity contribution is 6.05. The maximum atomic E-state index is 13.4. The summed E-state index contributed by atoms with van der Waals surface area (Å²) in [7, 11) is 0. The third-order valence-electron chi connectivity index (χ3n) is 4.23. The molecule has 2 aliphatic rings. The number of ether oxygens (including phenoxy) is 1. The van der Waals surface area contributed by atoms with Gasteiger partial charge in [-0.05, 0) is 26.0 Å². The molecule has 4 nitrogen and oxygen atoms in total. The van der Waals surface area contributed by atoms with Gasteiger partial charge in [0.1, 0.15) is 6.17 Å². The van der Waals surface area contributed by atoms with Gasteiger partial charge >= 0.3 is 0 Å². The van der Waals surface area contributed by atoms with Crippen LogP contribution in [0.1, 0.15) is 13.8 Å². The van der Waals surface area contributed by atoms with Crippen molar-refractivity contribution in [3.63, 3.8) is 0 Å². The van der Waals surface area contributed by atoms with Crippen molar-refractivity contribution in [2.45, 2.75) is 20.0 Å². The van der Waals surface area contributed by atoms with Crippen molar-refractivity contribution in [1.82, 2.24) is 4.90 Å². The monoisotopic (exact) mass is 296 g/mol. The van der Waals surface area contributed by atoms with Gasteiger partial charge in [0.05, 0.1) is 18.6 Å². The highest BCUT2D eigenvalue weighted by Gasteiger charge is 2.57. The Morgan fingerprint density at radius 1 is 1.19 bits per heavy atom. The van der Waals surface area contributed by atoms with Crippen LogP contribution in [0.4, 0.5) is 14.5 Å². The number of benzene rings is 1. The van der Waals surface area contributed by atoms with Crippen molar-refractivity contribution < 1.29 is 18.3 Å². The molecule has 6 heteroatoms. The highest BCUT2D eigenvalue weighted by atomic mass is 19.2. The average Bonchev–Trinajstić information content (AvgIpc) is 2.48. The molecular formula is C15H18F2N2O2. The molecule has 0 N–H and O–H groups in total. The van der Waals surface area contributed by atoms with Gasteiger partial charge in [0.25, 0.3) is 0 Å². The molecule has 2 fully saturated rings. The molecule has 0 bridgehead atoms. The molecule has 3 rings (SSSR count). The Kier molecular flexibility index (Phi) is 3.45. The maximum Gasteiger partial charge on any atom is 0.237 e. The second kappa shape index (κ2) is 5.03. The Hall–Kier alpha value is -1.53.